The summed E-state index contributed by atoms with van der Waals surface area (Å²) >= 11 is 0. The van der Waals surface area contributed by atoms with Crippen LogP contribution >= 0.6 is 0 Å². The first-order valence-electron chi connectivity index (χ1n) is 8.15. The molecule has 1 aliphatic heterocycles. The predicted molar refractivity (Wildman–Crippen MR) is 94.1 cm³/mol. The topological polar surface area (TPSA) is 88.9 Å². The van der Waals surface area contributed by atoms with Crippen molar-refractivity contribution in [2.45, 2.75) is 25.3 Å². The molecule has 0 aliphatic carbocycles. The maximum Gasteiger partial charge on any atom is 0.224 e. The molecule has 3 rings (SSSR count). The number of piperidine rings is 1. The number of nitrogens with zero attached hydrogens (tertiary/aromatic N) is 1. The van der Waals surface area contributed by atoms with Crippen molar-refractivity contribution in [2.75, 3.05) is 26.5 Å². The molecule has 1 saturated heterocycles. The minimum atomic E-state index is -3.22. The van der Waals surface area contributed by atoms with Crippen molar-refractivity contribution in [1.29, 1.82) is 0 Å². The molecule has 1 aromatic carbocycles. The summed E-state index contributed by atoms with van der Waals surface area (Å²) in [6.07, 6.45) is 4.48. The van der Waals surface area contributed by atoms with Crippen LogP contribution in [0, 0.1) is 0 Å². The van der Waals surface area contributed by atoms with Gasteiger partial charge in [-0.2, -0.15) is 0 Å². The molecule has 1 atom stereocenters. The monoisotopic (exact) mass is 366 g/mol. The number of fused-ring (bicyclic) bond motifs is 1. The van der Waals surface area contributed by atoms with Gasteiger partial charge in [-0.3, -0.25) is 4.79 Å². The van der Waals surface area contributed by atoms with Gasteiger partial charge in [0.25, 0.3) is 0 Å². The first-order valence-corrected chi connectivity index (χ1v) is 10.0. The summed E-state index contributed by atoms with van der Waals surface area (Å²) in [6.45, 7) is 0.841. The van der Waals surface area contributed by atoms with Crippen molar-refractivity contribution in [3.05, 3.63) is 30.0 Å². The zero-order chi connectivity index (χ0) is 18.0. The smallest absolute Gasteiger partial charge is 0.224 e. The second-order valence-electron chi connectivity index (χ2n) is 6.33. The maximum atomic E-state index is 12.4. The van der Waals surface area contributed by atoms with Crippen LogP contribution in [-0.2, 0) is 21.2 Å². The van der Waals surface area contributed by atoms with Crippen LogP contribution in [0.2, 0.25) is 0 Å². The van der Waals surface area contributed by atoms with Gasteiger partial charge in [-0.15, -0.1) is 0 Å². The van der Waals surface area contributed by atoms with Crippen LogP contribution in [0.25, 0.3) is 11.0 Å². The van der Waals surface area contributed by atoms with Gasteiger partial charge in [-0.25, -0.2) is 12.7 Å². The van der Waals surface area contributed by atoms with Crippen molar-refractivity contribution >= 4 is 26.9 Å². The van der Waals surface area contributed by atoms with Gasteiger partial charge in [0.2, 0.25) is 15.9 Å². The summed E-state index contributed by atoms with van der Waals surface area (Å²) < 4.78 is 35.4. The number of benzene rings is 1. The Morgan fingerprint density at radius 3 is 2.96 bits per heavy atom. The van der Waals surface area contributed by atoms with Gasteiger partial charge >= 0.3 is 0 Å². The number of hydrogen-bond acceptors (Lipinski definition) is 5. The minimum absolute atomic E-state index is 0.140. The summed E-state index contributed by atoms with van der Waals surface area (Å²) in [4.78, 5) is 12.4. The summed E-state index contributed by atoms with van der Waals surface area (Å²) in [5.41, 5.74) is 1.47. The van der Waals surface area contributed by atoms with E-state index in [4.69, 9.17) is 9.15 Å². The van der Waals surface area contributed by atoms with Gasteiger partial charge in [0.1, 0.15) is 11.3 Å². The Labute approximate surface area is 147 Å². The van der Waals surface area contributed by atoms with Crippen LogP contribution in [-0.4, -0.2) is 51.1 Å². The average molecular weight is 366 g/mol. The Morgan fingerprint density at radius 1 is 1.44 bits per heavy atom. The summed E-state index contributed by atoms with van der Waals surface area (Å²) in [5, 5.41) is 3.81. The lowest BCUT2D eigenvalue weighted by atomic mass is 10.1. The lowest BCUT2D eigenvalue weighted by Gasteiger charge is -2.31. The fraction of sp³-hybridized carbons (Fsp3) is 0.471. The number of rotatable bonds is 5. The predicted octanol–water partition coefficient (Wildman–Crippen LogP) is 1.52. The minimum Gasteiger partial charge on any atom is -0.497 e. The molecule has 1 amide bonds. The SMILES string of the molecule is COc1ccc2c(CC(=O)NC3CCCN(S(C)(=O)=O)C3)coc2c1. The van der Waals surface area contributed by atoms with Gasteiger partial charge in [0.15, 0.2) is 0 Å². The lowest BCUT2D eigenvalue weighted by molar-refractivity contribution is -0.121. The normalized spacial score (nSPS) is 19.0. The Hall–Kier alpha value is -2.06. The highest BCUT2D eigenvalue weighted by atomic mass is 32.2. The van der Waals surface area contributed by atoms with Gasteiger partial charge in [-0.1, -0.05) is 0 Å². The standard InChI is InChI=1S/C17H22N2O5S/c1-23-14-5-6-15-12(11-24-16(15)9-14)8-17(20)18-13-4-3-7-19(10-13)25(2,21)22/h5-6,9,11,13H,3-4,7-8,10H2,1-2H3,(H,18,20). The van der Waals surface area contributed by atoms with Crippen LogP contribution in [0.5, 0.6) is 5.75 Å². The third-order valence-corrected chi connectivity index (χ3v) is 5.70. The lowest BCUT2D eigenvalue weighted by Crippen LogP contribution is -2.49. The van der Waals surface area contributed by atoms with Crippen molar-refractivity contribution in [3.8, 4) is 5.75 Å². The summed E-state index contributed by atoms with van der Waals surface area (Å²) in [7, 11) is -1.64. The Balaban J connectivity index is 1.65. The van der Waals surface area contributed by atoms with E-state index in [0.29, 0.717) is 24.4 Å². The number of carbonyl (C=O) groups is 1. The molecular weight excluding hydrogens is 344 g/mol. The van der Waals surface area contributed by atoms with Crippen LogP contribution in [0.15, 0.2) is 28.9 Å². The van der Waals surface area contributed by atoms with Crippen molar-refractivity contribution in [3.63, 3.8) is 0 Å². The molecule has 0 radical (unpaired) electrons. The Bertz CT molecular complexity index is 874. The molecule has 1 N–H and O–H groups in total. The number of sulfonamides is 1. The molecule has 0 saturated carbocycles. The highest BCUT2D eigenvalue weighted by Crippen LogP contribution is 2.26. The zero-order valence-electron chi connectivity index (χ0n) is 14.3. The van der Waals surface area contributed by atoms with Crippen molar-refractivity contribution in [1.82, 2.24) is 9.62 Å². The molecule has 7 nitrogen and oxygen atoms in total. The van der Waals surface area contributed by atoms with E-state index in [9.17, 15) is 13.2 Å². The fourth-order valence-corrected chi connectivity index (χ4v) is 4.05. The van der Waals surface area contributed by atoms with E-state index in [2.05, 4.69) is 5.32 Å². The number of methoxy groups -OCH3 is 1. The fourth-order valence-electron chi connectivity index (χ4n) is 3.14. The molecule has 1 aromatic heterocycles. The molecule has 1 aliphatic rings. The summed E-state index contributed by atoms with van der Waals surface area (Å²) in [5.74, 6) is 0.555. The number of amides is 1. The van der Waals surface area contributed by atoms with Gasteiger partial charge in [0.05, 0.1) is 26.0 Å². The second-order valence-corrected chi connectivity index (χ2v) is 8.31. The van der Waals surface area contributed by atoms with E-state index in [1.165, 1.54) is 10.6 Å². The van der Waals surface area contributed by atoms with Crippen molar-refractivity contribution < 1.29 is 22.4 Å². The third kappa shape index (κ3) is 4.13. The summed E-state index contributed by atoms with van der Waals surface area (Å²) in [6, 6.07) is 5.31. The largest absolute Gasteiger partial charge is 0.497 e. The van der Waals surface area contributed by atoms with Crippen LogP contribution in [0.3, 0.4) is 0 Å². The van der Waals surface area contributed by atoms with Crippen LogP contribution in [0.4, 0.5) is 0 Å². The van der Waals surface area contributed by atoms with E-state index in [1.807, 2.05) is 12.1 Å². The van der Waals surface area contributed by atoms with E-state index < -0.39 is 10.0 Å². The van der Waals surface area contributed by atoms with E-state index in [1.54, 1.807) is 19.4 Å². The number of carbonyl (C=O) groups excluding carboxylic acids is 1. The first kappa shape index (κ1) is 17.8. The van der Waals surface area contributed by atoms with E-state index in [-0.39, 0.29) is 18.4 Å². The molecule has 2 heterocycles. The van der Waals surface area contributed by atoms with Gasteiger partial charge in [0, 0.05) is 36.1 Å². The second kappa shape index (κ2) is 7.05. The molecular formula is C17H22N2O5S. The Morgan fingerprint density at radius 2 is 2.24 bits per heavy atom. The molecule has 1 fully saturated rings. The van der Waals surface area contributed by atoms with Gasteiger partial charge < -0.3 is 14.5 Å². The van der Waals surface area contributed by atoms with E-state index in [0.717, 1.165) is 23.8 Å². The van der Waals surface area contributed by atoms with Crippen LogP contribution in [0.1, 0.15) is 18.4 Å². The molecule has 2 aromatic rings. The molecule has 0 spiro atoms. The number of furan rings is 1. The molecule has 0 bridgehead atoms. The molecule has 136 valence electrons. The number of ether oxygens (including phenoxy) is 1. The number of hydrogen-bond donors (Lipinski definition) is 1. The average Bonchev–Trinajstić information content (AvgIpc) is 2.96. The third-order valence-electron chi connectivity index (χ3n) is 4.43. The molecule has 8 heteroatoms. The van der Waals surface area contributed by atoms with Gasteiger partial charge in [-0.05, 0) is 25.0 Å². The van der Waals surface area contributed by atoms with Crippen molar-refractivity contribution in [2.24, 2.45) is 0 Å². The quantitative estimate of drug-likeness (QED) is 0.867. The van der Waals surface area contributed by atoms with Crippen LogP contribution < -0.4 is 10.1 Å². The molecule has 25 heavy (non-hydrogen) atoms. The molecule has 1 unspecified atom stereocenters. The highest BCUT2D eigenvalue weighted by molar-refractivity contribution is 7.88. The number of nitrogens with one attached hydrogen (secondary N) is 1. The zero-order valence-corrected chi connectivity index (χ0v) is 15.1. The highest BCUT2D eigenvalue weighted by Gasteiger charge is 2.27. The Kier molecular flexibility index (Phi) is 5.01. The van der Waals surface area contributed by atoms with E-state index >= 15 is 0 Å². The first-order chi connectivity index (χ1) is 11.9. The maximum absolute atomic E-state index is 12.4.